The van der Waals surface area contributed by atoms with Crippen molar-refractivity contribution in [3.8, 4) is 0 Å². The maximum absolute atomic E-state index is 12.3. The number of ketones is 2. The third-order valence-electron chi connectivity index (χ3n) is 5.96. The highest BCUT2D eigenvalue weighted by atomic mass is 16.3. The van der Waals surface area contributed by atoms with Crippen LogP contribution in [0.3, 0.4) is 0 Å². The summed E-state index contributed by atoms with van der Waals surface area (Å²) in [5.41, 5.74) is 1.12. The molecule has 3 heteroatoms. The van der Waals surface area contributed by atoms with Crippen LogP contribution in [-0.2, 0) is 4.79 Å². The van der Waals surface area contributed by atoms with E-state index in [-0.39, 0.29) is 5.76 Å². The molecule has 0 aromatic heterocycles. The van der Waals surface area contributed by atoms with E-state index in [0.717, 1.165) is 18.8 Å². The molecule has 0 heterocycles. The molecule has 1 aromatic rings. The summed E-state index contributed by atoms with van der Waals surface area (Å²) in [7, 11) is 0. The van der Waals surface area contributed by atoms with Crippen LogP contribution in [0.2, 0.25) is 0 Å². The lowest BCUT2D eigenvalue weighted by atomic mass is 9.85. The van der Waals surface area contributed by atoms with E-state index >= 15 is 0 Å². The van der Waals surface area contributed by atoms with Crippen molar-refractivity contribution in [1.82, 2.24) is 0 Å². The van der Waals surface area contributed by atoms with E-state index in [2.05, 4.69) is 0 Å². The van der Waals surface area contributed by atoms with Crippen LogP contribution in [0.4, 0.5) is 0 Å². The second-order valence-electron chi connectivity index (χ2n) is 7.84. The number of carbonyl (C=O) groups is 2. The van der Waals surface area contributed by atoms with Gasteiger partial charge >= 0.3 is 0 Å². The van der Waals surface area contributed by atoms with Crippen molar-refractivity contribution in [2.75, 3.05) is 0 Å². The average molecular weight is 354 g/mol. The minimum atomic E-state index is -0.529. The topological polar surface area (TPSA) is 54.4 Å². The molecular formula is C23H30O3. The maximum Gasteiger partial charge on any atom is 0.234 e. The van der Waals surface area contributed by atoms with Crippen LogP contribution in [0.25, 0.3) is 5.76 Å². The number of aliphatic hydroxyl groups excluding tert-OH is 1. The Bertz CT molecular complexity index is 680. The standard InChI is InChI=1S/C23H30O3/c24-21-18-14-9-10-15-19(18)22(25)23(26)20(21)16-8-3-1-2-5-11-17-12-6-4-7-13-17/h9-10,14-15,17,24H,1-8,11-13,16H2. The Morgan fingerprint density at radius 2 is 1.46 bits per heavy atom. The first-order valence-electron chi connectivity index (χ1n) is 10.3. The monoisotopic (exact) mass is 354 g/mol. The Hall–Kier alpha value is -1.90. The first-order chi connectivity index (χ1) is 12.7. The summed E-state index contributed by atoms with van der Waals surface area (Å²) in [5.74, 6) is -0.0568. The van der Waals surface area contributed by atoms with E-state index in [1.165, 1.54) is 57.8 Å². The molecule has 3 rings (SSSR count). The molecule has 0 saturated heterocycles. The first-order valence-corrected chi connectivity index (χ1v) is 10.3. The van der Waals surface area contributed by atoms with Gasteiger partial charge in [-0.3, -0.25) is 9.59 Å². The minimum absolute atomic E-state index is 0.00231. The van der Waals surface area contributed by atoms with E-state index in [4.69, 9.17) is 0 Å². The van der Waals surface area contributed by atoms with Crippen LogP contribution < -0.4 is 0 Å². The van der Waals surface area contributed by atoms with Gasteiger partial charge in [0.2, 0.25) is 11.6 Å². The van der Waals surface area contributed by atoms with Gasteiger partial charge in [0.05, 0.1) is 0 Å². The predicted octanol–water partition coefficient (Wildman–Crippen LogP) is 6.03. The lowest BCUT2D eigenvalue weighted by Gasteiger charge is -2.21. The highest BCUT2D eigenvalue weighted by Gasteiger charge is 2.31. The molecule has 0 atom stereocenters. The highest BCUT2D eigenvalue weighted by molar-refractivity contribution is 6.52. The molecule has 0 spiro atoms. The van der Waals surface area contributed by atoms with Crippen molar-refractivity contribution in [2.24, 2.45) is 5.92 Å². The van der Waals surface area contributed by atoms with E-state index < -0.39 is 11.6 Å². The molecule has 0 bridgehead atoms. The molecule has 1 fully saturated rings. The van der Waals surface area contributed by atoms with Gasteiger partial charge in [-0.15, -0.1) is 0 Å². The van der Waals surface area contributed by atoms with Gasteiger partial charge in [-0.1, -0.05) is 88.5 Å². The predicted molar refractivity (Wildman–Crippen MR) is 104 cm³/mol. The molecule has 2 aliphatic rings. The number of allylic oxidation sites excluding steroid dienone is 1. The fourth-order valence-electron chi connectivity index (χ4n) is 4.39. The minimum Gasteiger partial charge on any atom is -0.507 e. The summed E-state index contributed by atoms with van der Waals surface area (Å²) < 4.78 is 0. The fourth-order valence-corrected chi connectivity index (χ4v) is 4.39. The zero-order valence-corrected chi connectivity index (χ0v) is 15.6. The second-order valence-corrected chi connectivity index (χ2v) is 7.84. The second kappa shape index (κ2) is 9.16. The molecule has 0 unspecified atom stereocenters. The summed E-state index contributed by atoms with van der Waals surface area (Å²) in [6, 6.07) is 6.81. The molecule has 0 radical (unpaired) electrons. The van der Waals surface area contributed by atoms with E-state index in [0.29, 0.717) is 23.1 Å². The molecule has 26 heavy (non-hydrogen) atoms. The number of unbranched alkanes of at least 4 members (excludes halogenated alkanes) is 4. The van der Waals surface area contributed by atoms with Gasteiger partial charge in [0.25, 0.3) is 0 Å². The van der Waals surface area contributed by atoms with Gasteiger partial charge in [0.1, 0.15) is 5.76 Å². The number of fused-ring (bicyclic) bond motifs is 1. The SMILES string of the molecule is O=C1C(=O)c2ccccc2C(O)=C1CCCCCCCC1CCCCC1. The van der Waals surface area contributed by atoms with E-state index in [1.54, 1.807) is 24.3 Å². The largest absolute Gasteiger partial charge is 0.507 e. The van der Waals surface area contributed by atoms with Crippen molar-refractivity contribution >= 4 is 17.3 Å². The molecular weight excluding hydrogens is 324 g/mol. The van der Waals surface area contributed by atoms with Crippen LogP contribution in [0.15, 0.2) is 29.8 Å². The summed E-state index contributed by atoms with van der Waals surface area (Å²) in [4.78, 5) is 24.5. The van der Waals surface area contributed by atoms with Gasteiger partial charge in [0, 0.05) is 16.7 Å². The van der Waals surface area contributed by atoms with Crippen LogP contribution in [0, 0.1) is 5.92 Å². The average Bonchev–Trinajstić information content (AvgIpc) is 2.68. The molecule has 3 nitrogen and oxygen atoms in total. The number of aliphatic hydroxyl groups is 1. The van der Waals surface area contributed by atoms with Crippen molar-refractivity contribution in [2.45, 2.75) is 77.0 Å². The van der Waals surface area contributed by atoms with Crippen molar-refractivity contribution in [3.63, 3.8) is 0 Å². The maximum atomic E-state index is 12.3. The number of carbonyl (C=O) groups excluding carboxylic acids is 2. The van der Waals surface area contributed by atoms with Crippen molar-refractivity contribution < 1.29 is 14.7 Å². The molecule has 1 N–H and O–H groups in total. The Morgan fingerprint density at radius 3 is 2.23 bits per heavy atom. The van der Waals surface area contributed by atoms with Crippen molar-refractivity contribution in [3.05, 3.63) is 41.0 Å². The van der Waals surface area contributed by atoms with Gasteiger partial charge in [-0.2, -0.15) is 0 Å². The van der Waals surface area contributed by atoms with Crippen LogP contribution in [0.5, 0.6) is 0 Å². The van der Waals surface area contributed by atoms with Crippen LogP contribution in [-0.4, -0.2) is 16.7 Å². The van der Waals surface area contributed by atoms with Crippen LogP contribution >= 0.6 is 0 Å². The zero-order chi connectivity index (χ0) is 18.4. The van der Waals surface area contributed by atoms with Gasteiger partial charge < -0.3 is 5.11 Å². The molecule has 140 valence electrons. The zero-order valence-electron chi connectivity index (χ0n) is 15.6. The lowest BCUT2D eigenvalue weighted by Crippen LogP contribution is -2.24. The smallest absolute Gasteiger partial charge is 0.234 e. The first kappa shape index (κ1) is 18.9. The number of hydrogen-bond acceptors (Lipinski definition) is 3. The van der Waals surface area contributed by atoms with Crippen molar-refractivity contribution in [1.29, 1.82) is 0 Å². The van der Waals surface area contributed by atoms with Gasteiger partial charge in [0.15, 0.2) is 0 Å². The number of hydrogen-bond donors (Lipinski definition) is 1. The van der Waals surface area contributed by atoms with Gasteiger partial charge in [-0.25, -0.2) is 0 Å². The summed E-state index contributed by atoms with van der Waals surface area (Å²) >= 11 is 0. The molecule has 0 amide bonds. The molecule has 1 aromatic carbocycles. The van der Waals surface area contributed by atoms with E-state index in [9.17, 15) is 14.7 Å². The number of rotatable bonds is 8. The summed E-state index contributed by atoms with van der Waals surface area (Å²) in [6.07, 6.45) is 14.6. The molecule has 2 aliphatic carbocycles. The van der Waals surface area contributed by atoms with Crippen LogP contribution in [0.1, 0.15) is 93.0 Å². The molecule has 0 aliphatic heterocycles. The Labute approximate surface area is 156 Å². The normalized spacial score (nSPS) is 18.3. The summed E-state index contributed by atoms with van der Waals surface area (Å²) in [5, 5.41) is 10.4. The lowest BCUT2D eigenvalue weighted by molar-refractivity contribution is -0.112. The number of benzene rings is 1. The fraction of sp³-hybridized carbons (Fsp3) is 0.565. The Morgan fingerprint density at radius 1 is 0.808 bits per heavy atom. The number of Topliss-reactive ketones (excluding diaryl/α,β-unsaturated/α-hetero) is 2. The Balaban J connectivity index is 1.41. The summed E-state index contributed by atoms with van der Waals surface area (Å²) in [6.45, 7) is 0. The van der Waals surface area contributed by atoms with Gasteiger partial charge in [-0.05, 0) is 18.8 Å². The third kappa shape index (κ3) is 4.44. The quantitative estimate of drug-likeness (QED) is 0.458. The van der Waals surface area contributed by atoms with E-state index in [1.807, 2.05) is 0 Å². The molecule has 1 saturated carbocycles. The Kier molecular flexibility index (Phi) is 6.65. The highest BCUT2D eigenvalue weighted by Crippen LogP contribution is 2.31. The third-order valence-corrected chi connectivity index (χ3v) is 5.96.